The molecule has 44 heavy (non-hydrogen) atoms. The highest BCUT2D eigenvalue weighted by atomic mass is 32.2. The topological polar surface area (TPSA) is 110 Å². The summed E-state index contributed by atoms with van der Waals surface area (Å²) in [6, 6.07) is 18.9. The van der Waals surface area contributed by atoms with Crippen LogP contribution in [0, 0.1) is 25.2 Å². The molecule has 0 aliphatic carbocycles. The molecule has 230 valence electrons. The zero-order valence-electron chi connectivity index (χ0n) is 26.5. The van der Waals surface area contributed by atoms with Crippen molar-refractivity contribution in [3.63, 3.8) is 0 Å². The summed E-state index contributed by atoms with van der Waals surface area (Å²) in [6.45, 7) is 15.1. The number of hydrogen-bond acceptors (Lipinski definition) is 6. The van der Waals surface area contributed by atoms with Gasteiger partial charge in [-0.15, -0.1) is 0 Å². The van der Waals surface area contributed by atoms with E-state index in [4.69, 9.17) is 9.72 Å². The van der Waals surface area contributed by atoms with Gasteiger partial charge < -0.3 is 14.4 Å². The molecule has 0 bridgehead atoms. The maximum atomic E-state index is 13.9. The average molecular weight is 629 g/mol. The van der Waals surface area contributed by atoms with Gasteiger partial charge >= 0.3 is 0 Å². The normalized spacial score (nSPS) is 13.8. The summed E-state index contributed by atoms with van der Waals surface area (Å²) < 4.78 is 37.0. The summed E-state index contributed by atoms with van der Waals surface area (Å²) in [5.41, 5.74) is 3.93. The third-order valence-electron chi connectivity index (χ3n) is 8.18. The van der Waals surface area contributed by atoms with Gasteiger partial charge in [-0.3, -0.25) is 0 Å². The van der Waals surface area contributed by atoms with Crippen molar-refractivity contribution in [2.24, 2.45) is 0 Å². The lowest BCUT2D eigenvalue weighted by Gasteiger charge is -2.28. The first-order valence-corrected chi connectivity index (χ1v) is 20.0. The van der Waals surface area contributed by atoms with Gasteiger partial charge in [-0.05, 0) is 80.8 Å². The van der Waals surface area contributed by atoms with Gasteiger partial charge in [0.15, 0.2) is 0 Å². The second kappa shape index (κ2) is 11.6. The van der Waals surface area contributed by atoms with Crippen molar-refractivity contribution in [1.29, 1.82) is 5.26 Å². The highest BCUT2D eigenvalue weighted by molar-refractivity contribution is 7.90. The molecule has 2 heterocycles. The predicted molar refractivity (Wildman–Crippen MR) is 177 cm³/mol. The highest BCUT2D eigenvalue weighted by Crippen LogP contribution is 2.40. The Labute approximate surface area is 260 Å². The Morgan fingerprint density at radius 1 is 1.07 bits per heavy atom. The van der Waals surface area contributed by atoms with Crippen LogP contribution in [0.1, 0.15) is 47.5 Å². The second-order valence-corrected chi connectivity index (χ2v) is 20.3. The fraction of sp³-hybridized carbons (Fsp3) is 0.353. The van der Waals surface area contributed by atoms with E-state index in [1.54, 1.807) is 61.7 Å². The summed E-state index contributed by atoms with van der Waals surface area (Å²) >= 11 is 0. The van der Waals surface area contributed by atoms with Crippen LogP contribution in [0.15, 0.2) is 65.7 Å². The number of fused-ring (bicyclic) bond motifs is 2. The van der Waals surface area contributed by atoms with Crippen LogP contribution in [0.2, 0.25) is 25.7 Å². The lowest BCUT2D eigenvalue weighted by atomic mass is 9.85. The summed E-state index contributed by atoms with van der Waals surface area (Å²) in [4.78, 5) is 5.08. The number of nitriles is 1. The Morgan fingerprint density at radius 2 is 1.77 bits per heavy atom. The van der Waals surface area contributed by atoms with Gasteiger partial charge in [0, 0.05) is 31.8 Å². The Balaban J connectivity index is 1.71. The van der Waals surface area contributed by atoms with E-state index >= 15 is 0 Å². The summed E-state index contributed by atoms with van der Waals surface area (Å²) in [7, 11) is -5.24. The molecule has 5 rings (SSSR count). The van der Waals surface area contributed by atoms with Gasteiger partial charge in [0.1, 0.15) is 18.2 Å². The third kappa shape index (κ3) is 5.73. The molecule has 0 radical (unpaired) electrons. The van der Waals surface area contributed by atoms with Crippen LogP contribution < -0.4 is 0 Å². The summed E-state index contributed by atoms with van der Waals surface area (Å²) in [5.74, 6) is 0.365. The minimum atomic E-state index is -3.90. The molecular formula is C34H40N4O4SSi. The van der Waals surface area contributed by atoms with Crippen LogP contribution in [0.5, 0.6) is 0 Å². The fourth-order valence-corrected chi connectivity index (χ4v) is 7.96. The molecule has 0 aliphatic rings. The number of aliphatic hydroxyl groups is 1. The number of ether oxygens (including phenoxy) is 1. The van der Waals surface area contributed by atoms with Crippen molar-refractivity contribution >= 4 is 40.0 Å². The lowest BCUT2D eigenvalue weighted by molar-refractivity contribution is 0.0567. The molecule has 0 saturated carbocycles. The first-order valence-electron chi connectivity index (χ1n) is 14.9. The standard InChI is InChI=1S/C34H40N4O4SSi/c1-8-26-19-24(3)32-28(15-16-38(32)43(40,41)27-12-9-23(2)10-13-27)31(26)34(4,39)33-36-29-14-11-25(21-35)20-30(29)37(33)22-42-17-18-44(5,6)7/h9-16,19-20,39H,8,17-18,22H2,1-7H3. The Morgan fingerprint density at radius 3 is 2.41 bits per heavy atom. The molecule has 1 atom stereocenters. The molecule has 8 nitrogen and oxygen atoms in total. The van der Waals surface area contributed by atoms with Gasteiger partial charge in [-0.1, -0.05) is 50.3 Å². The number of nitrogens with zero attached hydrogens (tertiary/aromatic N) is 4. The monoisotopic (exact) mass is 628 g/mol. The number of aryl methyl sites for hydroxylation is 3. The molecule has 1 unspecified atom stereocenters. The van der Waals surface area contributed by atoms with Crippen LogP contribution in [0.25, 0.3) is 21.9 Å². The summed E-state index contributed by atoms with van der Waals surface area (Å²) in [5, 5.41) is 22.8. The second-order valence-electron chi connectivity index (χ2n) is 12.9. The quantitative estimate of drug-likeness (QED) is 0.134. The van der Waals surface area contributed by atoms with Crippen molar-refractivity contribution in [1.82, 2.24) is 13.5 Å². The van der Waals surface area contributed by atoms with Crippen LogP contribution in [-0.4, -0.2) is 41.7 Å². The van der Waals surface area contributed by atoms with Crippen molar-refractivity contribution in [3.8, 4) is 6.07 Å². The molecule has 0 spiro atoms. The first-order chi connectivity index (χ1) is 20.7. The van der Waals surface area contributed by atoms with Crippen molar-refractivity contribution in [3.05, 3.63) is 94.4 Å². The van der Waals surface area contributed by atoms with E-state index in [9.17, 15) is 18.8 Å². The lowest BCUT2D eigenvalue weighted by Crippen LogP contribution is -2.30. The van der Waals surface area contributed by atoms with E-state index in [2.05, 4.69) is 25.7 Å². The predicted octanol–water partition coefficient (Wildman–Crippen LogP) is 6.85. The van der Waals surface area contributed by atoms with Crippen molar-refractivity contribution < 1.29 is 18.3 Å². The number of benzene rings is 3. The van der Waals surface area contributed by atoms with Crippen molar-refractivity contribution in [2.75, 3.05) is 6.61 Å². The molecule has 0 fully saturated rings. The molecular weight excluding hydrogens is 589 g/mol. The summed E-state index contributed by atoms with van der Waals surface area (Å²) in [6.07, 6.45) is 2.18. The van der Waals surface area contributed by atoms with E-state index in [-0.39, 0.29) is 11.6 Å². The third-order valence-corrected chi connectivity index (χ3v) is 11.6. The molecule has 1 N–H and O–H groups in total. The number of hydrogen-bond donors (Lipinski definition) is 1. The number of rotatable bonds is 10. The largest absolute Gasteiger partial charge is 0.377 e. The van der Waals surface area contributed by atoms with E-state index in [0.29, 0.717) is 51.9 Å². The molecule has 2 aromatic heterocycles. The van der Waals surface area contributed by atoms with E-state index in [1.165, 1.54) is 3.97 Å². The first kappa shape index (κ1) is 31.7. The Hall–Kier alpha value is -3.75. The highest BCUT2D eigenvalue weighted by Gasteiger charge is 2.37. The van der Waals surface area contributed by atoms with E-state index in [0.717, 1.165) is 22.7 Å². The molecule has 3 aromatic carbocycles. The SMILES string of the molecule is CCc1cc(C)c2c(ccn2S(=O)(=O)c2ccc(C)cc2)c1C(C)(O)c1nc2ccc(C#N)cc2n1COCC[Si](C)(C)C. The average Bonchev–Trinajstić information content (AvgIpc) is 3.58. The smallest absolute Gasteiger partial charge is 0.268 e. The fourth-order valence-electron chi connectivity index (χ4n) is 5.80. The van der Waals surface area contributed by atoms with Gasteiger partial charge in [0.2, 0.25) is 0 Å². The Bertz CT molecular complexity index is 2010. The maximum absolute atomic E-state index is 13.9. The minimum absolute atomic E-state index is 0.153. The van der Waals surface area contributed by atoms with Gasteiger partial charge in [-0.25, -0.2) is 17.4 Å². The molecule has 5 aromatic rings. The van der Waals surface area contributed by atoms with Crippen LogP contribution in [0.3, 0.4) is 0 Å². The van der Waals surface area contributed by atoms with Crippen LogP contribution in [-0.2, 0) is 33.5 Å². The van der Waals surface area contributed by atoms with Crippen molar-refractivity contribution in [2.45, 2.75) is 77.0 Å². The van der Waals surface area contributed by atoms with Gasteiger partial charge in [0.25, 0.3) is 10.0 Å². The number of imidazole rings is 1. The van der Waals surface area contributed by atoms with Crippen LogP contribution in [0.4, 0.5) is 0 Å². The maximum Gasteiger partial charge on any atom is 0.268 e. The van der Waals surface area contributed by atoms with E-state index in [1.807, 2.05) is 31.4 Å². The number of aromatic nitrogens is 3. The van der Waals surface area contributed by atoms with Gasteiger partial charge in [0.05, 0.1) is 33.1 Å². The molecule has 10 heteroatoms. The zero-order valence-corrected chi connectivity index (χ0v) is 28.3. The van der Waals surface area contributed by atoms with Gasteiger partial charge in [-0.2, -0.15) is 5.26 Å². The zero-order chi connectivity index (χ0) is 32.0. The molecule has 0 amide bonds. The van der Waals surface area contributed by atoms with Crippen LogP contribution >= 0.6 is 0 Å². The minimum Gasteiger partial charge on any atom is -0.377 e. The molecule has 0 aliphatic heterocycles. The van der Waals surface area contributed by atoms with E-state index < -0.39 is 23.7 Å². The molecule has 0 saturated heterocycles. The Kier molecular flexibility index (Phi) is 8.37.